The van der Waals surface area contributed by atoms with Crippen LogP contribution >= 0.6 is 0 Å². The maximum Gasteiger partial charge on any atom is 0.410 e. The number of hydrogen-bond donors (Lipinski definition) is 1. The molecule has 130 valence electrons. The Labute approximate surface area is 146 Å². The van der Waals surface area contributed by atoms with Gasteiger partial charge in [-0.05, 0) is 30.5 Å². The highest BCUT2D eigenvalue weighted by Gasteiger charge is 2.35. The van der Waals surface area contributed by atoms with Gasteiger partial charge in [-0.1, -0.05) is 48.5 Å². The summed E-state index contributed by atoms with van der Waals surface area (Å²) < 4.78 is 5.41. The summed E-state index contributed by atoms with van der Waals surface area (Å²) in [6.45, 7) is 2.67. The minimum absolute atomic E-state index is 0.00609. The molecule has 5 heteroatoms. The molecule has 1 amide bonds. The quantitative estimate of drug-likeness (QED) is 0.917. The number of carbonyl (C=O) groups excluding carboxylic acids is 1. The lowest BCUT2D eigenvalue weighted by Gasteiger charge is -2.21. The predicted octanol–water partition coefficient (Wildman–Crippen LogP) is 3.90. The van der Waals surface area contributed by atoms with Gasteiger partial charge in [-0.15, -0.1) is 0 Å². The second kappa shape index (κ2) is 7.38. The predicted molar refractivity (Wildman–Crippen MR) is 93.6 cm³/mol. The molecular formula is C20H21NO4. The number of nitrogens with zero attached hydrogens (tertiary/aromatic N) is 1. The number of hydrogen-bond acceptors (Lipinski definition) is 3. The van der Waals surface area contributed by atoms with Crippen molar-refractivity contribution in [2.75, 3.05) is 6.54 Å². The molecule has 1 fully saturated rings. The average Bonchev–Trinajstić information content (AvgIpc) is 3.02. The molecule has 1 N–H and O–H groups in total. The molecule has 0 spiro atoms. The molecule has 0 aliphatic carbocycles. The summed E-state index contributed by atoms with van der Waals surface area (Å²) in [5.74, 6) is -0.931. The van der Waals surface area contributed by atoms with E-state index in [1.807, 2.05) is 49.4 Å². The first kappa shape index (κ1) is 17.0. The Hall–Kier alpha value is -2.82. The summed E-state index contributed by atoms with van der Waals surface area (Å²) in [7, 11) is 0. The molecule has 0 aromatic heterocycles. The van der Waals surface area contributed by atoms with Crippen LogP contribution in [0.2, 0.25) is 0 Å². The number of aromatic carboxylic acids is 1. The van der Waals surface area contributed by atoms with Crippen molar-refractivity contribution in [1.29, 1.82) is 0 Å². The minimum Gasteiger partial charge on any atom is -0.478 e. The number of rotatable bonds is 4. The molecule has 1 heterocycles. The monoisotopic (exact) mass is 339 g/mol. The Morgan fingerprint density at radius 3 is 2.52 bits per heavy atom. The zero-order chi connectivity index (χ0) is 17.8. The fraction of sp³-hybridized carbons (Fsp3) is 0.300. The van der Waals surface area contributed by atoms with Crippen molar-refractivity contribution in [1.82, 2.24) is 4.90 Å². The van der Waals surface area contributed by atoms with Gasteiger partial charge in [0.15, 0.2) is 0 Å². The number of benzene rings is 2. The topological polar surface area (TPSA) is 66.8 Å². The van der Waals surface area contributed by atoms with Crippen LogP contribution < -0.4 is 0 Å². The summed E-state index contributed by atoms with van der Waals surface area (Å²) in [6, 6.07) is 16.5. The van der Waals surface area contributed by atoms with Crippen LogP contribution in [-0.2, 0) is 11.3 Å². The maximum atomic E-state index is 12.4. The SMILES string of the molecule is C[C@@H]1C[C@@H](c2ccccc2C(=O)O)CN1C(=O)OCc1ccccc1. The van der Waals surface area contributed by atoms with Gasteiger partial charge in [-0.2, -0.15) is 0 Å². The Bertz CT molecular complexity index is 759. The number of amides is 1. The number of likely N-dealkylation sites (tertiary alicyclic amines) is 1. The summed E-state index contributed by atoms with van der Waals surface area (Å²) in [5.41, 5.74) is 2.02. The molecule has 1 saturated heterocycles. The Morgan fingerprint density at radius 2 is 1.80 bits per heavy atom. The molecule has 25 heavy (non-hydrogen) atoms. The van der Waals surface area contributed by atoms with Crippen molar-refractivity contribution >= 4 is 12.1 Å². The molecule has 0 unspecified atom stereocenters. The summed E-state index contributed by atoms with van der Waals surface area (Å²) in [5, 5.41) is 9.37. The zero-order valence-electron chi connectivity index (χ0n) is 14.1. The smallest absolute Gasteiger partial charge is 0.410 e. The van der Waals surface area contributed by atoms with Crippen LogP contribution in [0.15, 0.2) is 54.6 Å². The highest BCUT2D eigenvalue weighted by molar-refractivity contribution is 5.89. The molecule has 0 bridgehead atoms. The van der Waals surface area contributed by atoms with Crippen LogP contribution in [0, 0.1) is 0 Å². The molecule has 3 rings (SSSR count). The Morgan fingerprint density at radius 1 is 1.12 bits per heavy atom. The number of carbonyl (C=O) groups is 2. The van der Waals surface area contributed by atoms with Gasteiger partial charge < -0.3 is 14.7 Å². The van der Waals surface area contributed by atoms with E-state index in [0.717, 1.165) is 17.5 Å². The molecule has 1 aliphatic rings. The fourth-order valence-electron chi connectivity index (χ4n) is 3.36. The molecule has 2 atom stereocenters. The van der Waals surface area contributed by atoms with E-state index in [1.54, 1.807) is 17.0 Å². The summed E-state index contributed by atoms with van der Waals surface area (Å²) in [6.07, 6.45) is 0.372. The van der Waals surface area contributed by atoms with Gasteiger partial charge in [0, 0.05) is 18.5 Å². The molecule has 0 saturated carbocycles. The van der Waals surface area contributed by atoms with Crippen molar-refractivity contribution in [2.45, 2.75) is 31.9 Å². The van der Waals surface area contributed by atoms with Gasteiger partial charge in [-0.3, -0.25) is 0 Å². The highest BCUT2D eigenvalue weighted by Crippen LogP contribution is 2.33. The van der Waals surface area contributed by atoms with Gasteiger partial charge in [0.2, 0.25) is 0 Å². The van der Waals surface area contributed by atoms with Crippen LogP contribution in [0.1, 0.15) is 40.7 Å². The van der Waals surface area contributed by atoms with Gasteiger partial charge in [-0.25, -0.2) is 9.59 Å². The Kier molecular flexibility index (Phi) is 5.03. The zero-order valence-corrected chi connectivity index (χ0v) is 14.1. The standard InChI is InChI=1S/C20H21NO4/c1-14-11-16(17-9-5-6-10-18(17)19(22)23)12-21(14)20(24)25-13-15-7-3-2-4-8-15/h2-10,14,16H,11-13H2,1H3,(H,22,23)/t14-,16-/m1/s1. The van der Waals surface area contributed by atoms with Gasteiger partial charge in [0.1, 0.15) is 6.61 Å². The molecule has 0 radical (unpaired) electrons. The van der Waals surface area contributed by atoms with E-state index < -0.39 is 5.97 Å². The van der Waals surface area contributed by atoms with E-state index in [9.17, 15) is 14.7 Å². The van der Waals surface area contributed by atoms with Crippen molar-refractivity contribution in [3.05, 3.63) is 71.3 Å². The fourth-order valence-corrected chi connectivity index (χ4v) is 3.36. The first-order valence-corrected chi connectivity index (χ1v) is 8.36. The number of carboxylic acid groups (broad SMARTS) is 1. The molecule has 2 aromatic carbocycles. The van der Waals surface area contributed by atoms with Crippen molar-refractivity contribution in [3.63, 3.8) is 0 Å². The second-order valence-corrected chi connectivity index (χ2v) is 6.37. The van der Waals surface area contributed by atoms with Crippen LogP contribution in [0.5, 0.6) is 0 Å². The summed E-state index contributed by atoms with van der Waals surface area (Å²) >= 11 is 0. The third-order valence-corrected chi connectivity index (χ3v) is 4.65. The first-order chi connectivity index (χ1) is 12.1. The molecule has 5 nitrogen and oxygen atoms in total. The number of ether oxygens (including phenoxy) is 1. The van der Waals surface area contributed by atoms with Crippen molar-refractivity contribution in [3.8, 4) is 0 Å². The lowest BCUT2D eigenvalue weighted by molar-refractivity contribution is 0.0695. The van der Waals surface area contributed by atoms with Crippen LogP contribution in [0.3, 0.4) is 0 Å². The molecule has 2 aromatic rings. The van der Waals surface area contributed by atoms with Crippen LogP contribution in [0.4, 0.5) is 4.79 Å². The lowest BCUT2D eigenvalue weighted by atomic mass is 9.92. The molecular weight excluding hydrogens is 318 g/mol. The van der Waals surface area contributed by atoms with Gasteiger partial charge in [0.05, 0.1) is 5.56 Å². The normalized spacial score (nSPS) is 19.6. The van der Waals surface area contributed by atoms with Gasteiger partial charge in [0.25, 0.3) is 0 Å². The van der Waals surface area contributed by atoms with E-state index in [4.69, 9.17) is 4.74 Å². The first-order valence-electron chi connectivity index (χ1n) is 8.36. The average molecular weight is 339 g/mol. The van der Waals surface area contributed by atoms with Crippen LogP contribution in [0.25, 0.3) is 0 Å². The largest absolute Gasteiger partial charge is 0.478 e. The summed E-state index contributed by atoms with van der Waals surface area (Å²) in [4.78, 5) is 25.5. The van der Waals surface area contributed by atoms with E-state index in [2.05, 4.69) is 0 Å². The molecule has 1 aliphatic heterocycles. The highest BCUT2D eigenvalue weighted by atomic mass is 16.6. The van der Waals surface area contributed by atoms with E-state index >= 15 is 0 Å². The van der Waals surface area contributed by atoms with E-state index in [-0.39, 0.29) is 24.7 Å². The van der Waals surface area contributed by atoms with E-state index in [1.165, 1.54) is 0 Å². The number of carboxylic acids is 1. The van der Waals surface area contributed by atoms with Crippen LogP contribution in [-0.4, -0.2) is 34.7 Å². The maximum absolute atomic E-state index is 12.4. The third-order valence-electron chi connectivity index (χ3n) is 4.65. The third kappa shape index (κ3) is 3.82. The van der Waals surface area contributed by atoms with Gasteiger partial charge >= 0.3 is 12.1 Å². The van der Waals surface area contributed by atoms with Crippen molar-refractivity contribution < 1.29 is 19.4 Å². The van der Waals surface area contributed by atoms with Crippen molar-refractivity contribution in [2.24, 2.45) is 0 Å². The lowest BCUT2D eigenvalue weighted by Crippen LogP contribution is -2.34. The Balaban J connectivity index is 1.67. The second-order valence-electron chi connectivity index (χ2n) is 6.37. The van der Waals surface area contributed by atoms with E-state index in [0.29, 0.717) is 12.1 Å². The minimum atomic E-state index is -0.937.